The molecule has 0 aliphatic heterocycles. The molecular weight excluding hydrogens is 360 g/mol. The number of aromatic nitrogens is 6. The number of nitrogen functional groups attached to an aromatic ring is 1. The smallest absolute Gasteiger partial charge is 0.232 e. The third-order valence-electron chi connectivity index (χ3n) is 4.42. The molecule has 8 nitrogen and oxygen atoms in total. The number of thioether (sulfide) groups is 1. The van der Waals surface area contributed by atoms with Crippen LogP contribution in [0.15, 0.2) is 29.4 Å². The van der Waals surface area contributed by atoms with Crippen molar-refractivity contribution < 1.29 is 0 Å². The lowest BCUT2D eigenvalue weighted by Gasteiger charge is -2.11. The molecule has 0 bridgehead atoms. The van der Waals surface area contributed by atoms with Crippen LogP contribution in [0, 0.1) is 6.92 Å². The summed E-state index contributed by atoms with van der Waals surface area (Å²) in [6.45, 7) is 4.10. The molecule has 3 N–H and O–H groups in total. The topological polar surface area (TPSA) is 107 Å². The van der Waals surface area contributed by atoms with Gasteiger partial charge in [0.2, 0.25) is 11.9 Å². The van der Waals surface area contributed by atoms with Crippen LogP contribution in [-0.4, -0.2) is 29.7 Å². The van der Waals surface area contributed by atoms with Gasteiger partial charge in [-0.2, -0.15) is 15.0 Å². The van der Waals surface area contributed by atoms with Crippen LogP contribution in [-0.2, 0) is 12.2 Å². The van der Waals surface area contributed by atoms with E-state index in [1.54, 1.807) is 11.8 Å². The molecule has 1 fully saturated rings. The predicted octanol–water partition coefficient (Wildman–Crippen LogP) is 3.29. The number of rotatable bonds is 7. The van der Waals surface area contributed by atoms with Gasteiger partial charge in [0.1, 0.15) is 11.6 Å². The highest BCUT2D eigenvalue weighted by molar-refractivity contribution is 7.98. The Hall–Kier alpha value is -2.68. The lowest BCUT2D eigenvalue weighted by atomic mass is 10.1. The van der Waals surface area contributed by atoms with Crippen molar-refractivity contribution in [3.63, 3.8) is 0 Å². The number of anilines is 3. The van der Waals surface area contributed by atoms with Crippen LogP contribution in [0.4, 0.5) is 17.6 Å². The summed E-state index contributed by atoms with van der Waals surface area (Å²) >= 11 is 1.57. The average molecular weight is 382 g/mol. The SMILES string of the molecule is CCc1ccccc1Nc1nc(N)nc(CSc2nnc(C)n2C2CC2)n1. The van der Waals surface area contributed by atoms with Gasteiger partial charge in [-0.05, 0) is 37.8 Å². The number of benzene rings is 1. The molecule has 140 valence electrons. The minimum Gasteiger partial charge on any atom is -0.368 e. The van der Waals surface area contributed by atoms with E-state index in [1.165, 1.54) is 18.4 Å². The maximum atomic E-state index is 5.90. The van der Waals surface area contributed by atoms with Crippen molar-refractivity contribution in [2.24, 2.45) is 0 Å². The van der Waals surface area contributed by atoms with Gasteiger partial charge < -0.3 is 15.6 Å². The fourth-order valence-corrected chi connectivity index (χ4v) is 3.87. The van der Waals surface area contributed by atoms with Crippen molar-refractivity contribution in [2.75, 3.05) is 11.1 Å². The van der Waals surface area contributed by atoms with E-state index in [1.807, 2.05) is 25.1 Å². The molecule has 1 aromatic carbocycles. The Labute approximate surface area is 162 Å². The van der Waals surface area contributed by atoms with Gasteiger partial charge in [-0.25, -0.2) is 0 Å². The number of nitrogens with two attached hydrogens (primary N) is 1. The molecule has 0 spiro atoms. The first-order chi connectivity index (χ1) is 13.1. The molecule has 0 amide bonds. The summed E-state index contributed by atoms with van der Waals surface area (Å²) in [6, 6.07) is 8.63. The number of hydrogen-bond acceptors (Lipinski definition) is 8. The second-order valence-electron chi connectivity index (χ2n) is 6.49. The molecule has 1 aliphatic carbocycles. The highest BCUT2D eigenvalue weighted by atomic mass is 32.2. The molecule has 1 aliphatic rings. The molecule has 0 radical (unpaired) electrons. The van der Waals surface area contributed by atoms with E-state index in [4.69, 9.17) is 5.73 Å². The Kier molecular flexibility index (Phi) is 4.93. The zero-order valence-corrected chi connectivity index (χ0v) is 16.2. The Bertz CT molecular complexity index is 950. The maximum absolute atomic E-state index is 5.90. The van der Waals surface area contributed by atoms with Gasteiger partial charge in [0.25, 0.3) is 0 Å². The quantitative estimate of drug-likeness (QED) is 0.599. The molecular formula is C18H22N8S. The van der Waals surface area contributed by atoms with Crippen LogP contribution in [0.1, 0.15) is 43.0 Å². The Morgan fingerprint density at radius 3 is 2.78 bits per heavy atom. The number of hydrogen-bond donors (Lipinski definition) is 2. The summed E-state index contributed by atoms with van der Waals surface area (Å²) < 4.78 is 2.20. The Morgan fingerprint density at radius 2 is 2.00 bits per heavy atom. The minimum atomic E-state index is 0.205. The van der Waals surface area contributed by atoms with Gasteiger partial charge in [-0.15, -0.1) is 10.2 Å². The van der Waals surface area contributed by atoms with Crippen LogP contribution in [0.3, 0.4) is 0 Å². The predicted molar refractivity (Wildman–Crippen MR) is 106 cm³/mol. The van der Waals surface area contributed by atoms with Crippen LogP contribution >= 0.6 is 11.8 Å². The molecule has 9 heteroatoms. The molecule has 1 saturated carbocycles. The fraction of sp³-hybridized carbons (Fsp3) is 0.389. The first kappa shape index (κ1) is 17.7. The summed E-state index contributed by atoms with van der Waals surface area (Å²) in [5, 5.41) is 12.7. The second-order valence-corrected chi connectivity index (χ2v) is 7.43. The van der Waals surface area contributed by atoms with Crippen molar-refractivity contribution in [2.45, 2.75) is 50.1 Å². The van der Waals surface area contributed by atoms with Gasteiger partial charge in [-0.3, -0.25) is 0 Å². The zero-order valence-electron chi connectivity index (χ0n) is 15.4. The lowest BCUT2D eigenvalue weighted by molar-refractivity contribution is 0.644. The molecule has 0 atom stereocenters. The summed E-state index contributed by atoms with van der Waals surface area (Å²) in [7, 11) is 0. The van der Waals surface area contributed by atoms with Crippen molar-refractivity contribution in [3.8, 4) is 0 Å². The molecule has 2 aromatic heterocycles. The van der Waals surface area contributed by atoms with Gasteiger partial charge in [-0.1, -0.05) is 36.9 Å². The van der Waals surface area contributed by atoms with E-state index in [0.29, 0.717) is 23.6 Å². The minimum absolute atomic E-state index is 0.205. The molecule has 4 rings (SSSR count). The van der Waals surface area contributed by atoms with Gasteiger partial charge in [0.15, 0.2) is 5.16 Å². The van der Waals surface area contributed by atoms with Gasteiger partial charge in [0.05, 0.1) is 5.75 Å². The number of para-hydroxylation sites is 1. The number of nitrogens with zero attached hydrogens (tertiary/aromatic N) is 6. The van der Waals surface area contributed by atoms with Crippen molar-refractivity contribution >= 4 is 29.3 Å². The average Bonchev–Trinajstić information content (AvgIpc) is 3.42. The van der Waals surface area contributed by atoms with E-state index in [0.717, 1.165) is 23.1 Å². The fourth-order valence-electron chi connectivity index (χ4n) is 2.96. The summed E-state index contributed by atoms with van der Waals surface area (Å²) in [6.07, 6.45) is 3.30. The van der Waals surface area contributed by atoms with Crippen LogP contribution < -0.4 is 11.1 Å². The molecule has 0 unspecified atom stereocenters. The Balaban J connectivity index is 1.51. The third kappa shape index (κ3) is 4.02. The van der Waals surface area contributed by atoms with Gasteiger partial charge in [0, 0.05) is 11.7 Å². The highest BCUT2D eigenvalue weighted by Gasteiger charge is 2.28. The van der Waals surface area contributed by atoms with E-state index < -0.39 is 0 Å². The highest BCUT2D eigenvalue weighted by Crippen LogP contribution is 2.38. The summed E-state index contributed by atoms with van der Waals surface area (Å²) in [5.74, 6) is 2.79. The van der Waals surface area contributed by atoms with E-state index in [2.05, 4.69) is 48.0 Å². The monoisotopic (exact) mass is 382 g/mol. The normalized spacial score (nSPS) is 13.7. The van der Waals surface area contributed by atoms with E-state index in [9.17, 15) is 0 Å². The molecule has 27 heavy (non-hydrogen) atoms. The summed E-state index contributed by atoms with van der Waals surface area (Å²) in [5.41, 5.74) is 8.07. The van der Waals surface area contributed by atoms with Crippen molar-refractivity contribution in [1.29, 1.82) is 0 Å². The first-order valence-corrected chi connectivity index (χ1v) is 10.0. The summed E-state index contributed by atoms with van der Waals surface area (Å²) in [4.78, 5) is 13.0. The third-order valence-corrected chi connectivity index (χ3v) is 5.36. The van der Waals surface area contributed by atoms with E-state index in [-0.39, 0.29) is 5.95 Å². The Morgan fingerprint density at radius 1 is 1.19 bits per heavy atom. The first-order valence-electron chi connectivity index (χ1n) is 9.03. The largest absolute Gasteiger partial charge is 0.368 e. The van der Waals surface area contributed by atoms with Crippen molar-refractivity contribution in [1.82, 2.24) is 29.7 Å². The van der Waals surface area contributed by atoms with Crippen LogP contribution in [0.2, 0.25) is 0 Å². The second kappa shape index (κ2) is 7.51. The van der Waals surface area contributed by atoms with Crippen molar-refractivity contribution in [3.05, 3.63) is 41.5 Å². The van der Waals surface area contributed by atoms with Crippen LogP contribution in [0.25, 0.3) is 0 Å². The standard InChI is InChI=1S/C18H22N8S/c1-3-12-6-4-5-7-14(12)20-17-22-15(21-16(19)23-17)10-27-18-25-24-11(2)26(18)13-8-9-13/h4-7,13H,3,8-10H2,1-2H3,(H3,19,20,21,22,23). The lowest BCUT2D eigenvalue weighted by Crippen LogP contribution is -2.07. The van der Waals surface area contributed by atoms with Crippen LogP contribution in [0.5, 0.6) is 0 Å². The molecule has 2 heterocycles. The van der Waals surface area contributed by atoms with Gasteiger partial charge >= 0.3 is 0 Å². The molecule has 0 saturated heterocycles. The maximum Gasteiger partial charge on any atom is 0.232 e. The zero-order chi connectivity index (χ0) is 18.8. The van der Waals surface area contributed by atoms with E-state index >= 15 is 0 Å². The number of aryl methyl sites for hydroxylation is 2. The number of nitrogens with one attached hydrogen (secondary N) is 1. The molecule has 3 aromatic rings.